The highest BCUT2D eigenvalue weighted by atomic mass is 79.9. The van der Waals surface area contributed by atoms with Gasteiger partial charge >= 0.3 is 0 Å². The van der Waals surface area contributed by atoms with E-state index in [9.17, 15) is 9.90 Å². The Hall–Kier alpha value is -1.65. The van der Waals surface area contributed by atoms with Gasteiger partial charge in [-0.05, 0) is 50.8 Å². The number of imidazole rings is 1. The van der Waals surface area contributed by atoms with Gasteiger partial charge in [-0.15, -0.1) is 0 Å². The minimum atomic E-state index is -1.14. The zero-order valence-corrected chi connectivity index (χ0v) is 17.1. The number of hydrogen-bond donors (Lipinski definition) is 3. The van der Waals surface area contributed by atoms with E-state index in [1.54, 1.807) is 18.6 Å². The quantitative estimate of drug-likeness (QED) is 0.528. The van der Waals surface area contributed by atoms with Crippen LogP contribution in [0.2, 0.25) is 0 Å². The molecule has 0 saturated heterocycles. The number of hydrogen-bond acceptors (Lipinski definition) is 6. The summed E-state index contributed by atoms with van der Waals surface area (Å²) in [6, 6.07) is 0. The highest BCUT2D eigenvalue weighted by Gasteiger charge is 2.50. The number of ether oxygens (including phenoxy) is 1. The molecule has 2 heterocycles. The molecule has 1 aromatic rings. The molecule has 0 fully saturated rings. The summed E-state index contributed by atoms with van der Waals surface area (Å²) in [5.41, 5.74) is 0.122. The van der Waals surface area contributed by atoms with Crippen molar-refractivity contribution in [1.29, 1.82) is 0 Å². The first-order valence-corrected chi connectivity index (χ1v) is 9.56. The first kappa shape index (κ1) is 19.1. The summed E-state index contributed by atoms with van der Waals surface area (Å²) in [4.78, 5) is 24.7. The molecule has 8 nitrogen and oxygen atoms in total. The number of carbonyl (C=O) groups excluding carboxylic acids is 1. The predicted octanol–water partition coefficient (Wildman–Crippen LogP) is 1.88. The topological polar surface area (TPSA) is 109 Å². The fraction of sp³-hybridized carbons (Fsp3) is 0.438. The number of aromatic nitrogens is 2. The summed E-state index contributed by atoms with van der Waals surface area (Å²) in [5.74, 6) is 0.171. The van der Waals surface area contributed by atoms with Crippen LogP contribution in [0.3, 0.4) is 0 Å². The number of aryl methyl sites for hydroxylation is 1. The third kappa shape index (κ3) is 3.72. The zero-order valence-electron chi connectivity index (χ0n) is 14.0. The molecule has 3 rings (SSSR count). The van der Waals surface area contributed by atoms with Crippen LogP contribution < -0.4 is 5.32 Å². The van der Waals surface area contributed by atoms with Crippen molar-refractivity contribution in [3.63, 3.8) is 0 Å². The van der Waals surface area contributed by atoms with E-state index in [-0.39, 0.29) is 18.0 Å². The molecule has 26 heavy (non-hydrogen) atoms. The molecular formula is C16H18Br2N4O4. The van der Waals surface area contributed by atoms with Crippen LogP contribution in [-0.4, -0.2) is 52.1 Å². The fourth-order valence-corrected chi connectivity index (χ4v) is 4.61. The van der Waals surface area contributed by atoms with Gasteiger partial charge in [-0.1, -0.05) is 5.16 Å². The SMILES string of the molecule is COC1=C(Br)C(O)C2(C=C1Br)CC(C(=O)NCCCc1cnc[nH]1)=NO2. The Labute approximate surface area is 167 Å². The number of rotatable bonds is 6. The molecule has 1 aliphatic heterocycles. The predicted molar refractivity (Wildman–Crippen MR) is 102 cm³/mol. The van der Waals surface area contributed by atoms with Gasteiger partial charge in [-0.3, -0.25) is 4.79 Å². The van der Waals surface area contributed by atoms with Gasteiger partial charge in [-0.2, -0.15) is 0 Å². The second-order valence-corrected chi connectivity index (χ2v) is 7.68. The number of allylic oxidation sites excluding steroid dienone is 1. The van der Waals surface area contributed by atoms with E-state index in [0.29, 0.717) is 21.3 Å². The van der Waals surface area contributed by atoms with Crippen molar-refractivity contribution < 1.29 is 19.5 Å². The molecule has 2 aliphatic rings. The van der Waals surface area contributed by atoms with E-state index in [1.165, 1.54) is 7.11 Å². The largest absolute Gasteiger partial charge is 0.495 e. The summed E-state index contributed by atoms with van der Waals surface area (Å²) in [5, 5.41) is 17.3. The molecule has 0 aromatic carbocycles. The summed E-state index contributed by atoms with van der Waals surface area (Å²) < 4.78 is 6.29. The van der Waals surface area contributed by atoms with Gasteiger partial charge in [0.25, 0.3) is 5.91 Å². The minimum Gasteiger partial charge on any atom is -0.495 e. The molecule has 1 aliphatic carbocycles. The number of oxime groups is 1. The van der Waals surface area contributed by atoms with Crippen molar-refractivity contribution in [2.75, 3.05) is 13.7 Å². The molecule has 2 unspecified atom stereocenters. The lowest BCUT2D eigenvalue weighted by Crippen LogP contribution is -2.45. The summed E-state index contributed by atoms with van der Waals surface area (Å²) >= 11 is 6.72. The number of nitrogens with one attached hydrogen (secondary N) is 2. The number of carbonyl (C=O) groups is 1. The molecule has 0 bridgehead atoms. The Bertz CT molecular complexity index is 775. The first-order chi connectivity index (χ1) is 12.5. The average Bonchev–Trinajstić information content (AvgIpc) is 3.28. The highest BCUT2D eigenvalue weighted by Crippen LogP contribution is 2.43. The van der Waals surface area contributed by atoms with Crippen LogP contribution in [-0.2, 0) is 20.8 Å². The first-order valence-electron chi connectivity index (χ1n) is 7.98. The lowest BCUT2D eigenvalue weighted by Gasteiger charge is -2.33. The molecule has 10 heteroatoms. The number of methoxy groups -OCH3 is 1. The van der Waals surface area contributed by atoms with Gasteiger partial charge < -0.3 is 25.0 Å². The Morgan fingerprint density at radius 3 is 3.08 bits per heavy atom. The lowest BCUT2D eigenvalue weighted by atomic mass is 9.87. The summed E-state index contributed by atoms with van der Waals surface area (Å²) in [6.07, 6.45) is 5.74. The van der Waals surface area contributed by atoms with Crippen LogP contribution >= 0.6 is 31.9 Å². The standard InChI is InChI=1S/C16H18Br2N4O4/c1-25-13-10(17)5-16(14(23)12(13)18)6-11(22-26-16)15(24)20-4-2-3-9-7-19-8-21-9/h5,7-8,14,23H,2-4,6H2,1H3,(H,19,21)(H,20,24). The van der Waals surface area contributed by atoms with Crippen molar-refractivity contribution in [1.82, 2.24) is 15.3 Å². The van der Waals surface area contributed by atoms with E-state index in [0.717, 1.165) is 18.5 Å². The molecule has 0 radical (unpaired) electrons. The molecular weight excluding hydrogens is 472 g/mol. The summed E-state index contributed by atoms with van der Waals surface area (Å²) in [7, 11) is 1.50. The number of aliphatic hydroxyl groups is 1. The van der Waals surface area contributed by atoms with Crippen molar-refractivity contribution in [2.45, 2.75) is 31.0 Å². The maximum atomic E-state index is 12.3. The maximum Gasteiger partial charge on any atom is 0.269 e. The average molecular weight is 490 g/mol. The molecule has 2 atom stereocenters. The molecule has 1 spiro atoms. The minimum absolute atomic E-state index is 0.155. The monoisotopic (exact) mass is 488 g/mol. The number of nitrogens with zero attached hydrogens (tertiary/aromatic N) is 2. The van der Waals surface area contributed by atoms with Crippen LogP contribution in [0.15, 0.2) is 38.5 Å². The van der Waals surface area contributed by atoms with E-state index < -0.39 is 11.7 Å². The molecule has 140 valence electrons. The second-order valence-electron chi connectivity index (χ2n) is 5.97. The fourth-order valence-electron chi connectivity index (χ4n) is 2.82. The van der Waals surface area contributed by atoms with Crippen LogP contribution in [0.4, 0.5) is 0 Å². The van der Waals surface area contributed by atoms with E-state index in [4.69, 9.17) is 9.57 Å². The normalized spacial score (nSPS) is 25.0. The van der Waals surface area contributed by atoms with Crippen LogP contribution in [0, 0.1) is 0 Å². The van der Waals surface area contributed by atoms with Crippen LogP contribution in [0.25, 0.3) is 0 Å². The third-order valence-corrected chi connectivity index (χ3v) is 5.59. The van der Waals surface area contributed by atoms with E-state index >= 15 is 0 Å². The van der Waals surface area contributed by atoms with Gasteiger partial charge in [-0.25, -0.2) is 4.98 Å². The van der Waals surface area contributed by atoms with Crippen LogP contribution in [0.1, 0.15) is 18.5 Å². The molecule has 3 N–H and O–H groups in total. The molecule has 1 amide bonds. The summed E-state index contributed by atoms with van der Waals surface area (Å²) in [6.45, 7) is 0.503. The maximum absolute atomic E-state index is 12.3. The van der Waals surface area contributed by atoms with Gasteiger partial charge in [0, 0.05) is 24.9 Å². The zero-order chi connectivity index (χ0) is 18.7. The number of aliphatic hydroxyl groups excluding tert-OH is 1. The third-order valence-electron chi connectivity index (χ3n) is 4.21. The van der Waals surface area contributed by atoms with E-state index in [1.807, 2.05) is 0 Å². The van der Waals surface area contributed by atoms with Crippen molar-refractivity contribution in [3.05, 3.63) is 39.0 Å². The van der Waals surface area contributed by atoms with Crippen LogP contribution in [0.5, 0.6) is 0 Å². The Morgan fingerprint density at radius 2 is 2.38 bits per heavy atom. The Balaban J connectivity index is 1.56. The number of H-pyrrole nitrogens is 1. The van der Waals surface area contributed by atoms with E-state index in [2.05, 4.69) is 52.3 Å². The molecule has 1 aromatic heterocycles. The van der Waals surface area contributed by atoms with Crippen molar-refractivity contribution in [3.8, 4) is 0 Å². The molecule has 0 saturated carbocycles. The lowest BCUT2D eigenvalue weighted by molar-refractivity contribution is -0.114. The number of aromatic amines is 1. The number of halogens is 2. The second kappa shape index (κ2) is 7.93. The highest BCUT2D eigenvalue weighted by molar-refractivity contribution is 9.12. The Kier molecular flexibility index (Phi) is 5.83. The van der Waals surface area contributed by atoms with Gasteiger partial charge in [0.1, 0.15) is 17.6 Å². The van der Waals surface area contributed by atoms with Crippen molar-refractivity contribution in [2.24, 2.45) is 5.16 Å². The smallest absolute Gasteiger partial charge is 0.269 e. The Morgan fingerprint density at radius 1 is 1.58 bits per heavy atom. The van der Waals surface area contributed by atoms with Gasteiger partial charge in [0.05, 0.1) is 22.4 Å². The van der Waals surface area contributed by atoms with Crippen molar-refractivity contribution >= 4 is 43.5 Å². The van der Waals surface area contributed by atoms with Gasteiger partial charge in [0.15, 0.2) is 5.60 Å². The number of amides is 1. The van der Waals surface area contributed by atoms with Gasteiger partial charge in [0.2, 0.25) is 0 Å².